The highest BCUT2D eigenvalue weighted by molar-refractivity contribution is 6.42. The van der Waals surface area contributed by atoms with Crippen molar-refractivity contribution in [2.24, 2.45) is 5.10 Å². The van der Waals surface area contributed by atoms with E-state index >= 15 is 0 Å². The highest BCUT2D eigenvalue weighted by Crippen LogP contribution is 2.44. The van der Waals surface area contributed by atoms with E-state index in [9.17, 15) is 4.79 Å². The first-order valence-corrected chi connectivity index (χ1v) is 10.7. The summed E-state index contributed by atoms with van der Waals surface area (Å²) in [5, 5.41) is 5.38. The minimum atomic E-state index is -0.374. The second-order valence-electron chi connectivity index (χ2n) is 7.92. The van der Waals surface area contributed by atoms with Crippen LogP contribution in [0.15, 0.2) is 35.4 Å². The topological polar surface area (TPSA) is 44.7 Å². The van der Waals surface area contributed by atoms with Crippen molar-refractivity contribution in [3.8, 4) is 0 Å². The monoisotopic (exact) mass is 451 g/mol. The smallest absolute Gasteiger partial charge is 0.271 e. The Morgan fingerprint density at radius 1 is 1.21 bits per heavy atom. The lowest BCUT2D eigenvalue weighted by Gasteiger charge is -2.47. The number of hydrogen-bond acceptors (Lipinski definition) is 3. The lowest BCUT2D eigenvalue weighted by atomic mass is 9.79. The molecule has 2 aromatic rings. The summed E-state index contributed by atoms with van der Waals surface area (Å²) in [6, 6.07) is 8.73. The first-order valence-electron chi connectivity index (χ1n) is 9.53. The van der Waals surface area contributed by atoms with Crippen molar-refractivity contribution in [1.82, 2.24) is 5.43 Å². The zero-order valence-corrected chi connectivity index (χ0v) is 19.2. The predicted molar refractivity (Wildman–Crippen MR) is 123 cm³/mol. The van der Waals surface area contributed by atoms with Gasteiger partial charge in [0.2, 0.25) is 0 Å². The molecule has 0 saturated carbocycles. The summed E-state index contributed by atoms with van der Waals surface area (Å²) in [5.41, 5.74) is 6.13. The molecule has 1 atom stereocenters. The van der Waals surface area contributed by atoms with Crippen LogP contribution in [0.1, 0.15) is 61.5 Å². The molecule has 2 aromatic carbocycles. The minimum absolute atomic E-state index is 0.0773. The Kier molecular flexibility index (Phi) is 6.47. The number of benzene rings is 2. The number of hydrogen-bond donors (Lipinski definition) is 1. The van der Waals surface area contributed by atoms with Crippen LogP contribution in [0.3, 0.4) is 0 Å². The van der Waals surface area contributed by atoms with Crippen LogP contribution in [-0.4, -0.2) is 24.2 Å². The SMILES string of the molecule is CCN1c2cc(Cl)c(/C=N\NC(=O)c3ccc(Cl)c(Cl)c3)cc2C(C)CC1(C)C. The van der Waals surface area contributed by atoms with Crippen molar-refractivity contribution in [3.05, 3.63) is 62.1 Å². The zero-order valence-electron chi connectivity index (χ0n) is 16.9. The van der Waals surface area contributed by atoms with Gasteiger partial charge in [-0.2, -0.15) is 5.10 Å². The molecule has 0 spiro atoms. The maximum absolute atomic E-state index is 12.3. The van der Waals surface area contributed by atoms with Crippen LogP contribution in [0, 0.1) is 0 Å². The number of halogens is 3. The van der Waals surface area contributed by atoms with E-state index in [0.717, 1.165) is 18.5 Å². The molecule has 0 fully saturated rings. The van der Waals surface area contributed by atoms with Crippen LogP contribution in [0.4, 0.5) is 5.69 Å². The predicted octanol–water partition coefficient (Wildman–Crippen LogP) is 6.52. The molecule has 154 valence electrons. The lowest BCUT2D eigenvalue weighted by Crippen LogP contribution is -2.48. The van der Waals surface area contributed by atoms with Gasteiger partial charge in [0.15, 0.2) is 0 Å². The number of nitrogens with zero attached hydrogens (tertiary/aromatic N) is 2. The average Bonchev–Trinajstić information content (AvgIpc) is 2.64. The van der Waals surface area contributed by atoms with Crippen LogP contribution in [0.5, 0.6) is 0 Å². The van der Waals surface area contributed by atoms with E-state index in [1.807, 2.05) is 6.07 Å². The van der Waals surface area contributed by atoms with Gasteiger partial charge in [0, 0.05) is 28.9 Å². The molecule has 1 heterocycles. The normalized spacial score (nSPS) is 18.0. The van der Waals surface area contributed by atoms with E-state index in [4.69, 9.17) is 34.8 Å². The molecule has 1 amide bonds. The highest BCUT2D eigenvalue weighted by Gasteiger charge is 2.35. The van der Waals surface area contributed by atoms with E-state index in [1.54, 1.807) is 18.3 Å². The van der Waals surface area contributed by atoms with Gasteiger partial charge in [-0.1, -0.05) is 41.7 Å². The Balaban J connectivity index is 1.82. The second-order valence-corrected chi connectivity index (χ2v) is 9.14. The van der Waals surface area contributed by atoms with Gasteiger partial charge in [0.05, 0.1) is 21.3 Å². The molecule has 4 nitrogen and oxygen atoms in total. The maximum atomic E-state index is 12.3. The zero-order chi connectivity index (χ0) is 21.3. The number of carbonyl (C=O) groups excluding carboxylic acids is 1. The fourth-order valence-electron chi connectivity index (χ4n) is 4.08. The molecule has 0 radical (unpaired) electrons. The summed E-state index contributed by atoms with van der Waals surface area (Å²) in [7, 11) is 0. The van der Waals surface area contributed by atoms with Gasteiger partial charge in [-0.05, 0) is 69.0 Å². The molecule has 7 heteroatoms. The van der Waals surface area contributed by atoms with Crippen molar-refractivity contribution < 1.29 is 4.79 Å². The molecular weight excluding hydrogens is 429 g/mol. The van der Waals surface area contributed by atoms with Gasteiger partial charge in [-0.3, -0.25) is 4.79 Å². The summed E-state index contributed by atoms with van der Waals surface area (Å²) in [6.07, 6.45) is 2.63. The summed E-state index contributed by atoms with van der Waals surface area (Å²) in [6.45, 7) is 9.82. The van der Waals surface area contributed by atoms with Crippen molar-refractivity contribution in [3.63, 3.8) is 0 Å². The summed E-state index contributed by atoms with van der Waals surface area (Å²) >= 11 is 18.4. The molecule has 3 rings (SSSR count). The fourth-order valence-corrected chi connectivity index (χ4v) is 4.59. The number of nitrogens with one attached hydrogen (secondary N) is 1. The molecule has 0 aliphatic carbocycles. The molecule has 0 bridgehead atoms. The van der Waals surface area contributed by atoms with Gasteiger partial charge in [0.1, 0.15) is 0 Å². The number of hydrazone groups is 1. The van der Waals surface area contributed by atoms with Crippen LogP contribution >= 0.6 is 34.8 Å². The average molecular weight is 453 g/mol. The van der Waals surface area contributed by atoms with Gasteiger partial charge in [-0.25, -0.2) is 5.43 Å². The van der Waals surface area contributed by atoms with Crippen molar-refractivity contribution in [2.45, 2.75) is 45.6 Å². The summed E-state index contributed by atoms with van der Waals surface area (Å²) < 4.78 is 0. The fraction of sp³-hybridized carbons (Fsp3) is 0.364. The van der Waals surface area contributed by atoms with E-state index in [1.165, 1.54) is 17.3 Å². The van der Waals surface area contributed by atoms with Gasteiger partial charge < -0.3 is 4.90 Å². The Hall–Kier alpha value is -1.75. The van der Waals surface area contributed by atoms with Crippen LogP contribution in [0.25, 0.3) is 0 Å². The Labute approximate surface area is 186 Å². The van der Waals surface area contributed by atoms with Crippen LogP contribution in [-0.2, 0) is 0 Å². The number of carbonyl (C=O) groups is 1. The largest absolute Gasteiger partial charge is 0.366 e. The Bertz CT molecular complexity index is 972. The Morgan fingerprint density at radius 2 is 1.93 bits per heavy atom. The third-order valence-corrected chi connectivity index (χ3v) is 6.44. The molecule has 0 aromatic heterocycles. The van der Waals surface area contributed by atoms with Crippen LogP contribution < -0.4 is 10.3 Å². The number of amides is 1. The molecule has 29 heavy (non-hydrogen) atoms. The molecular formula is C22H24Cl3N3O. The summed E-state index contributed by atoms with van der Waals surface area (Å²) in [4.78, 5) is 14.6. The molecule has 1 unspecified atom stereocenters. The van der Waals surface area contributed by atoms with Crippen molar-refractivity contribution in [2.75, 3.05) is 11.4 Å². The third kappa shape index (κ3) is 4.55. The van der Waals surface area contributed by atoms with Gasteiger partial charge >= 0.3 is 0 Å². The van der Waals surface area contributed by atoms with E-state index < -0.39 is 0 Å². The van der Waals surface area contributed by atoms with Gasteiger partial charge in [-0.15, -0.1) is 0 Å². The quantitative estimate of drug-likeness (QED) is 0.424. The number of rotatable bonds is 4. The van der Waals surface area contributed by atoms with Crippen LogP contribution in [0.2, 0.25) is 15.1 Å². The Morgan fingerprint density at radius 3 is 2.59 bits per heavy atom. The lowest BCUT2D eigenvalue weighted by molar-refractivity contribution is 0.0955. The number of fused-ring (bicyclic) bond motifs is 1. The molecule has 1 N–H and O–H groups in total. The van der Waals surface area contributed by atoms with E-state index in [2.05, 4.69) is 49.2 Å². The molecule has 1 aliphatic heterocycles. The third-order valence-electron chi connectivity index (χ3n) is 5.37. The van der Waals surface area contributed by atoms with Crippen molar-refractivity contribution >= 4 is 52.6 Å². The first-order chi connectivity index (χ1) is 13.6. The van der Waals surface area contributed by atoms with E-state index in [-0.39, 0.29) is 11.4 Å². The molecule has 1 aliphatic rings. The van der Waals surface area contributed by atoms with Crippen molar-refractivity contribution in [1.29, 1.82) is 0 Å². The first kappa shape index (κ1) is 21.9. The second kappa shape index (κ2) is 8.55. The number of anilines is 1. The van der Waals surface area contributed by atoms with E-state index in [0.29, 0.717) is 26.5 Å². The maximum Gasteiger partial charge on any atom is 0.271 e. The summed E-state index contributed by atoms with van der Waals surface area (Å²) in [5.74, 6) is 0.0270. The standard InChI is InChI=1S/C22H24Cl3N3O/c1-5-28-20-10-18(24)15(8-16(20)13(2)11-22(28,3)4)12-26-27-21(29)14-6-7-17(23)19(25)9-14/h6-10,12-13H,5,11H2,1-4H3,(H,27,29)/b26-12-. The highest BCUT2D eigenvalue weighted by atomic mass is 35.5. The minimum Gasteiger partial charge on any atom is -0.366 e. The molecule has 0 saturated heterocycles. The van der Waals surface area contributed by atoms with Gasteiger partial charge in [0.25, 0.3) is 5.91 Å².